The minimum Gasteiger partial charge on any atom is -0.389 e. The summed E-state index contributed by atoms with van der Waals surface area (Å²) in [5.74, 6) is -0.811. The van der Waals surface area contributed by atoms with Gasteiger partial charge in [-0.3, -0.25) is 9.69 Å². The second-order valence-corrected chi connectivity index (χ2v) is 22.3. The van der Waals surface area contributed by atoms with Gasteiger partial charge in [-0.2, -0.15) is 13.2 Å². The summed E-state index contributed by atoms with van der Waals surface area (Å²) < 4.78 is 111. The van der Waals surface area contributed by atoms with E-state index in [-0.39, 0.29) is 18.0 Å². The number of anilines is 2. The first-order valence-corrected chi connectivity index (χ1v) is 26.8. The second-order valence-electron chi connectivity index (χ2n) is 17.2. The monoisotopic (exact) mass is 1030 g/mol. The van der Waals surface area contributed by atoms with Gasteiger partial charge in [0.15, 0.2) is 0 Å². The number of nitrogens with zero attached hydrogens (tertiary/aromatic N) is 3. The molecule has 0 aliphatic carbocycles. The molecule has 1 unspecified atom stereocenters. The van der Waals surface area contributed by atoms with Gasteiger partial charge in [0.25, 0.3) is 25.8 Å². The summed E-state index contributed by atoms with van der Waals surface area (Å²) >= 11 is 7.50. The van der Waals surface area contributed by atoms with Gasteiger partial charge in [0.05, 0.1) is 22.8 Å². The number of carbonyl (C=O) groups is 1. The van der Waals surface area contributed by atoms with E-state index in [9.17, 15) is 49.4 Å². The van der Waals surface area contributed by atoms with Crippen molar-refractivity contribution in [1.82, 2.24) is 14.5 Å². The van der Waals surface area contributed by atoms with Gasteiger partial charge in [-0.15, -0.1) is 11.8 Å². The lowest BCUT2D eigenvalue weighted by Gasteiger charge is -2.36. The molecule has 5 aromatic rings. The molecule has 12 nitrogen and oxygen atoms in total. The highest BCUT2D eigenvalue weighted by atomic mass is 35.5. The fraction of sp³-hybridized carbons (Fsp3) is 0.367. The summed E-state index contributed by atoms with van der Waals surface area (Å²) in [4.78, 5) is 18.2. The van der Waals surface area contributed by atoms with Crippen LogP contribution in [0.1, 0.15) is 41.3 Å². The Morgan fingerprint density at radius 1 is 0.797 bits per heavy atom. The molecule has 69 heavy (non-hydrogen) atoms. The van der Waals surface area contributed by atoms with Gasteiger partial charge in [-0.25, -0.2) is 25.9 Å². The standard InChI is InChI=1S/C49H54ClF4N5O7S3/c50-37-14-10-34(11-15-37)43-8-4-5-9-44(43)47(61)35-20-24-59(25-21-35)39-16-12-36(13-17-39)48(62)56-69(65,66)42-18-19-45(46(30-42)68(63,64)49(52,53)54)55-38(33-67-41-6-2-1-3-7-41)22-23-57-26-28-58(29-27-57)32-40(60)31-51/h1-19,30,35,38,40,47,55,60-61H,20-29,31-33H2,(H,56,62)/t38-,40-,47?/m1/s1. The van der Waals surface area contributed by atoms with Crippen LogP contribution in [0.25, 0.3) is 11.1 Å². The first-order valence-electron chi connectivity index (χ1n) is 22.5. The summed E-state index contributed by atoms with van der Waals surface area (Å²) in [7, 11) is -11.0. The average Bonchev–Trinajstić information content (AvgIpc) is 3.35. The number of halogens is 5. The number of β-amino-alcohol motifs (C(OH)–C–C–N with tert-alkyl or cyclic N) is 1. The van der Waals surface area contributed by atoms with E-state index < -0.39 is 71.7 Å². The van der Waals surface area contributed by atoms with Crippen LogP contribution in [0.15, 0.2) is 136 Å². The number of aliphatic hydroxyl groups excluding tert-OH is 2. The third-order valence-corrected chi connectivity index (χ3v) is 16.7. The fourth-order valence-corrected chi connectivity index (χ4v) is 11.7. The highest BCUT2D eigenvalue weighted by Crippen LogP contribution is 2.39. The number of rotatable bonds is 19. The van der Waals surface area contributed by atoms with E-state index in [0.29, 0.717) is 81.9 Å². The highest BCUT2D eigenvalue weighted by molar-refractivity contribution is 7.99. The van der Waals surface area contributed by atoms with Gasteiger partial charge in [-0.05, 0) is 109 Å². The first kappa shape index (κ1) is 52.1. The molecule has 7 rings (SSSR count). The number of sulfone groups is 1. The molecule has 2 aliphatic heterocycles. The molecule has 0 aromatic heterocycles. The molecule has 0 saturated carbocycles. The SMILES string of the molecule is O=C(NS(=O)(=O)c1ccc(N[C@H](CCN2CCN(C[C@H](O)CF)CC2)CSc2ccccc2)c(S(=O)(=O)C(F)(F)F)c1)c1ccc(N2CCC(C(O)c3ccccc3-c3ccc(Cl)cc3)CC2)cc1. The Morgan fingerprint density at radius 3 is 2.09 bits per heavy atom. The molecular weight excluding hydrogens is 978 g/mol. The number of hydrogen-bond acceptors (Lipinski definition) is 12. The number of nitrogens with one attached hydrogen (secondary N) is 2. The lowest BCUT2D eigenvalue weighted by molar-refractivity contribution is -0.0436. The Bertz CT molecular complexity index is 2730. The van der Waals surface area contributed by atoms with Crippen LogP contribution in [0.5, 0.6) is 0 Å². The Balaban J connectivity index is 1.02. The van der Waals surface area contributed by atoms with Crippen molar-refractivity contribution < 1.29 is 49.4 Å². The van der Waals surface area contributed by atoms with E-state index in [4.69, 9.17) is 11.6 Å². The van der Waals surface area contributed by atoms with E-state index in [1.807, 2.05) is 76.4 Å². The van der Waals surface area contributed by atoms with Crippen LogP contribution in [0.3, 0.4) is 0 Å². The molecule has 5 aromatic carbocycles. The van der Waals surface area contributed by atoms with Crippen molar-refractivity contribution >= 4 is 60.5 Å². The highest BCUT2D eigenvalue weighted by Gasteiger charge is 2.48. The van der Waals surface area contributed by atoms with Crippen molar-refractivity contribution in [1.29, 1.82) is 0 Å². The zero-order chi connectivity index (χ0) is 49.3. The van der Waals surface area contributed by atoms with Crippen LogP contribution in [-0.4, -0.2) is 125 Å². The molecule has 2 fully saturated rings. The Kier molecular flexibility index (Phi) is 17.4. The topological polar surface area (TPSA) is 160 Å². The molecule has 4 N–H and O–H groups in total. The lowest BCUT2D eigenvalue weighted by atomic mass is 9.84. The number of benzene rings is 5. The number of piperazine rings is 1. The third-order valence-electron chi connectivity index (χ3n) is 12.5. The quantitative estimate of drug-likeness (QED) is 0.0464. The third kappa shape index (κ3) is 13.4. The van der Waals surface area contributed by atoms with Crippen molar-refractivity contribution in [2.45, 2.75) is 57.7 Å². The van der Waals surface area contributed by atoms with Gasteiger partial charge in [0.2, 0.25) is 0 Å². The van der Waals surface area contributed by atoms with Gasteiger partial charge < -0.3 is 25.3 Å². The first-order chi connectivity index (χ1) is 32.9. The van der Waals surface area contributed by atoms with Crippen LogP contribution in [-0.2, 0) is 19.9 Å². The van der Waals surface area contributed by atoms with Gasteiger partial charge >= 0.3 is 5.51 Å². The molecule has 2 saturated heterocycles. The Morgan fingerprint density at radius 2 is 1.43 bits per heavy atom. The molecule has 0 spiro atoms. The molecule has 2 heterocycles. The van der Waals surface area contributed by atoms with Crippen LogP contribution in [0.2, 0.25) is 5.02 Å². The number of sulfonamides is 1. The maximum atomic E-state index is 14.3. The molecule has 370 valence electrons. The number of hydrogen-bond donors (Lipinski definition) is 4. The van der Waals surface area contributed by atoms with Crippen LogP contribution >= 0.6 is 23.4 Å². The lowest BCUT2D eigenvalue weighted by Crippen LogP contribution is -2.49. The molecule has 3 atom stereocenters. The summed E-state index contributed by atoms with van der Waals surface area (Å²) in [6.45, 7) is 3.30. The molecule has 1 amide bonds. The summed E-state index contributed by atoms with van der Waals surface area (Å²) in [5.41, 5.74) is -2.88. The molecule has 0 radical (unpaired) electrons. The van der Waals surface area contributed by atoms with E-state index in [2.05, 4.69) is 15.1 Å². The minimum atomic E-state index is -6.12. The predicted octanol–water partition coefficient (Wildman–Crippen LogP) is 8.28. The van der Waals surface area contributed by atoms with Crippen molar-refractivity contribution in [2.75, 3.05) is 75.0 Å². The number of carbonyl (C=O) groups excluding carboxylic acids is 1. The molecule has 20 heteroatoms. The van der Waals surface area contributed by atoms with Crippen LogP contribution < -0.4 is 14.9 Å². The number of amides is 1. The second kappa shape index (κ2) is 23.0. The molecule has 2 aliphatic rings. The van der Waals surface area contributed by atoms with E-state index >= 15 is 0 Å². The van der Waals surface area contributed by atoms with E-state index in [1.54, 1.807) is 24.3 Å². The van der Waals surface area contributed by atoms with Crippen molar-refractivity contribution in [3.05, 3.63) is 137 Å². The van der Waals surface area contributed by atoms with Gasteiger partial charge in [0.1, 0.15) is 11.6 Å². The zero-order valence-corrected chi connectivity index (χ0v) is 40.6. The molecular formula is C49H54ClF4N5O7S3. The average molecular weight is 1030 g/mol. The van der Waals surface area contributed by atoms with Crippen molar-refractivity contribution in [3.8, 4) is 11.1 Å². The maximum Gasteiger partial charge on any atom is 0.501 e. The zero-order valence-electron chi connectivity index (χ0n) is 37.4. The summed E-state index contributed by atoms with van der Waals surface area (Å²) in [6, 6.07) is 32.2. The number of alkyl halides is 4. The number of piperidine rings is 1. The van der Waals surface area contributed by atoms with Crippen molar-refractivity contribution in [3.63, 3.8) is 0 Å². The van der Waals surface area contributed by atoms with E-state index in [1.165, 1.54) is 23.9 Å². The number of thioether (sulfide) groups is 1. The Labute approximate surface area is 409 Å². The predicted molar refractivity (Wildman–Crippen MR) is 262 cm³/mol. The largest absolute Gasteiger partial charge is 0.501 e. The van der Waals surface area contributed by atoms with Gasteiger partial charge in [-0.1, -0.05) is 66.2 Å². The van der Waals surface area contributed by atoms with E-state index in [0.717, 1.165) is 39.4 Å². The normalized spacial score (nSPS) is 17.0. The maximum absolute atomic E-state index is 14.3. The molecule has 0 bridgehead atoms. The minimum absolute atomic E-state index is 0.0305. The number of aliphatic hydroxyl groups is 2. The Hall–Kier alpha value is -4.73. The van der Waals surface area contributed by atoms with Crippen LogP contribution in [0, 0.1) is 5.92 Å². The smallest absolute Gasteiger partial charge is 0.389 e. The van der Waals surface area contributed by atoms with Crippen LogP contribution in [0.4, 0.5) is 28.9 Å². The van der Waals surface area contributed by atoms with Crippen molar-refractivity contribution in [2.24, 2.45) is 5.92 Å². The van der Waals surface area contributed by atoms with Gasteiger partial charge in [0, 0.05) is 85.3 Å². The summed E-state index contributed by atoms with van der Waals surface area (Å²) in [6.07, 6.45) is -0.112. The summed E-state index contributed by atoms with van der Waals surface area (Å²) in [5, 5.41) is 24.8. The fourth-order valence-electron chi connectivity index (χ4n) is 8.59.